The summed E-state index contributed by atoms with van der Waals surface area (Å²) in [5.41, 5.74) is 18.3. The molecule has 0 spiro atoms. The number of benzene rings is 6. The lowest BCUT2D eigenvalue weighted by Gasteiger charge is -2.38. The van der Waals surface area contributed by atoms with Crippen molar-refractivity contribution >= 4 is 17.1 Å². The van der Waals surface area contributed by atoms with Crippen LogP contribution in [0, 0.1) is 6.92 Å². The number of hydrogen-bond acceptors (Lipinski definition) is 1. The zero-order valence-electron chi connectivity index (χ0n) is 26.1. The van der Waals surface area contributed by atoms with Crippen LogP contribution in [0.15, 0.2) is 133 Å². The Balaban J connectivity index is 1.58. The number of rotatable bonds is 4. The van der Waals surface area contributed by atoms with Gasteiger partial charge in [-0.2, -0.15) is 0 Å². The van der Waals surface area contributed by atoms with Gasteiger partial charge in [-0.1, -0.05) is 143 Å². The Morgan fingerprint density at radius 1 is 0.455 bits per heavy atom. The zero-order chi connectivity index (χ0) is 30.2. The van der Waals surface area contributed by atoms with Crippen LogP contribution in [0.4, 0.5) is 17.1 Å². The maximum atomic E-state index is 2.58. The van der Waals surface area contributed by atoms with Crippen LogP contribution in [-0.4, -0.2) is 0 Å². The summed E-state index contributed by atoms with van der Waals surface area (Å²) in [6.45, 7) is 12.1. The lowest BCUT2D eigenvalue weighted by Crippen LogP contribution is -2.26. The summed E-state index contributed by atoms with van der Waals surface area (Å²) >= 11 is 0. The average molecular weight is 568 g/mol. The summed E-state index contributed by atoms with van der Waals surface area (Å²) in [6.07, 6.45) is 0. The fraction of sp³-hybridized carbons (Fsp3) is 0.163. The average Bonchev–Trinajstić information content (AvgIpc) is 3.44. The molecule has 0 saturated heterocycles. The van der Waals surface area contributed by atoms with Crippen LogP contribution in [0.3, 0.4) is 0 Å². The van der Waals surface area contributed by atoms with Gasteiger partial charge in [0, 0.05) is 22.1 Å². The third-order valence-electron chi connectivity index (χ3n) is 10.2. The first-order chi connectivity index (χ1) is 21.3. The van der Waals surface area contributed by atoms with Crippen LogP contribution in [0.5, 0.6) is 0 Å². The topological polar surface area (TPSA) is 3.24 Å². The van der Waals surface area contributed by atoms with Crippen LogP contribution in [-0.2, 0) is 10.8 Å². The molecule has 0 heterocycles. The highest BCUT2D eigenvalue weighted by molar-refractivity contribution is 6.03. The lowest BCUT2D eigenvalue weighted by molar-refractivity contribution is 0.640. The van der Waals surface area contributed by atoms with Crippen molar-refractivity contribution in [1.29, 1.82) is 0 Å². The van der Waals surface area contributed by atoms with Crippen molar-refractivity contribution in [3.05, 3.63) is 161 Å². The molecule has 214 valence electrons. The van der Waals surface area contributed by atoms with E-state index in [0.29, 0.717) is 0 Å². The SMILES string of the molecule is Cc1c2c(c(N(c3ccccc3)c3ccccc3-c3ccccc3)c3c1-c1ccccc1C3(C)C)C(C)(C)c1ccccc1-2. The molecule has 6 aromatic carbocycles. The molecular weight excluding hydrogens is 530 g/mol. The first-order valence-electron chi connectivity index (χ1n) is 15.7. The number of anilines is 3. The molecule has 0 unspecified atom stereocenters. The third-order valence-corrected chi connectivity index (χ3v) is 10.2. The normalized spacial score (nSPS) is 14.8. The second-order valence-corrected chi connectivity index (χ2v) is 13.4. The summed E-state index contributed by atoms with van der Waals surface area (Å²) in [7, 11) is 0. The molecule has 0 amide bonds. The quantitative estimate of drug-likeness (QED) is 0.205. The van der Waals surface area contributed by atoms with Gasteiger partial charge in [0.25, 0.3) is 0 Å². The summed E-state index contributed by atoms with van der Waals surface area (Å²) in [6, 6.07) is 48.9. The van der Waals surface area contributed by atoms with Gasteiger partial charge in [-0.3, -0.25) is 0 Å². The van der Waals surface area contributed by atoms with Gasteiger partial charge in [0.2, 0.25) is 0 Å². The largest absolute Gasteiger partial charge is 0.309 e. The van der Waals surface area contributed by atoms with Crippen molar-refractivity contribution < 1.29 is 0 Å². The van der Waals surface area contributed by atoms with E-state index in [0.717, 1.165) is 0 Å². The molecule has 6 aromatic rings. The molecule has 0 saturated carbocycles. The lowest BCUT2D eigenvalue weighted by atomic mass is 9.74. The van der Waals surface area contributed by atoms with Crippen LogP contribution in [0.1, 0.15) is 55.5 Å². The molecule has 2 aliphatic rings. The van der Waals surface area contributed by atoms with Crippen molar-refractivity contribution in [2.45, 2.75) is 45.4 Å². The Morgan fingerprint density at radius 2 is 0.886 bits per heavy atom. The zero-order valence-corrected chi connectivity index (χ0v) is 26.1. The molecule has 0 fully saturated rings. The van der Waals surface area contributed by atoms with Crippen LogP contribution in [0.25, 0.3) is 33.4 Å². The van der Waals surface area contributed by atoms with E-state index in [2.05, 4.69) is 173 Å². The predicted molar refractivity (Wildman–Crippen MR) is 186 cm³/mol. The van der Waals surface area contributed by atoms with Crippen molar-refractivity contribution in [1.82, 2.24) is 0 Å². The molecule has 0 N–H and O–H groups in total. The molecule has 0 aromatic heterocycles. The Kier molecular flexibility index (Phi) is 5.81. The maximum absolute atomic E-state index is 2.58. The second-order valence-electron chi connectivity index (χ2n) is 13.4. The van der Waals surface area contributed by atoms with E-state index in [9.17, 15) is 0 Å². The standard InChI is InChI=1S/C43H37N/c1-28-37-32-23-12-15-25-34(32)42(2,3)39(37)41(40-38(28)33-24-13-16-26-35(33)43(40,4)5)44(30-20-10-7-11-21-30)36-27-17-14-22-31(36)29-18-8-6-9-19-29/h6-27H,1-5H3. The number of nitrogens with zero attached hydrogens (tertiary/aromatic N) is 1. The van der Waals surface area contributed by atoms with E-state index < -0.39 is 0 Å². The van der Waals surface area contributed by atoms with E-state index in [1.54, 1.807) is 0 Å². The van der Waals surface area contributed by atoms with E-state index in [1.807, 2.05) is 0 Å². The first kappa shape index (κ1) is 26.7. The molecule has 0 radical (unpaired) electrons. The van der Waals surface area contributed by atoms with Gasteiger partial charge in [0.1, 0.15) is 0 Å². The maximum Gasteiger partial charge on any atom is 0.0556 e. The Bertz CT molecular complexity index is 1980. The minimum absolute atomic E-state index is 0.194. The highest BCUT2D eigenvalue weighted by atomic mass is 15.2. The molecule has 0 bridgehead atoms. The number of hydrogen-bond donors (Lipinski definition) is 0. The molecule has 1 nitrogen and oxygen atoms in total. The van der Waals surface area contributed by atoms with Crippen LogP contribution >= 0.6 is 0 Å². The summed E-state index contributed by atoms with van der Waals surface area (Å²) < 4.78 is 0. The van der Waals surface area contributed by atoms with Crippen LogP contribution in [0.2, 0.25) is 0 Å². The van der Waals surface area contributed by atoms with Gasteiger partial charge in [0.15, 0.2) is 0 Å². The van der Waals surface area contributed by atoms with Gasteiger partial charge in [-0.05, 0) is 80.8 Å². The molecule has 1 heteroatoms. The van der Waals surface area contributed by atoms with E-state index in [-0.39, 0.29) is 10.8 Å². The Morgan fingerprint density at radius 3 is 1.43 bits per heavy atom. The predicted octanol–water partition coefficient (Wildman–Crippen LogP) is 11.7. The highest BCUT2D eigenvalue weighted by Crippen LogP contribution is 2.64. The van der Waals surface area contributed by atoms with Crippen molar-refractivity contribution in [3.63, 3.8) is 0 Å². The van der Waals surface area contributed by atoms with Gasteiger partial charge in [-0.15, -0.1) is 0 Å². The second kappa shape index (κ2) is 9.56. The highest BCUT2D eigenvalue weighted by Gasteiger charge is 2.48. The van der Waals surface area contributed by atoms with Gasteiger partial charge < -0.3 is 4.90 Å². The fourth-order valence-corrected chi connectivity index (χ4v) is 8.23. The summed E-state index contributed by atoms with van der Waals surface area (Å²) in [5.74, 6) is 0. The minimum Gasteiger partial charge on any atom is -0.309 e. The van der Waals surface area contributed by atoms with E-state index in [4.69, 9.17) is 0 Å². The Labute approximate surface area is 261 Å². The van der Waals surface area contributed by atoms with Gasteiger partial charge in [0.05, 0.1) is 11.4 Å². The van der Waals surface area contributed by atoms with Gasteiger partial charge in [-0.25, -0.2) is 0 Å². The monoisotopic (exact) mass is 567 g/mol. The van der Waals surface area contributed by atoms with Crippen molar-refractivity contribution in [2.75, 3.05) is 4.90 Å². The molecule has 0 atom stereocenters. The number of para-hydroxylation sites is 2. The minimum atomic E-state index is -0.194. The van der Waals surface area contributed by atoms with Gasteiger partial charge >= 0.3 is 0 Å². The number of fused-ring (bicyclic) bond motifs is 6. The first-order valence-corrected chi connectivity index (χ1v) is 15.7. The summed E-state index contributed by atoms with van der Waals surface area (Å²) in [5, 5.41) is 0. The molecule has 2 aliphatic carbocycles. The fourth-order valence-electron chi connectivity index (χ4n) is 8.23. The smallest absolute Gasteiger partial charge is 0.0556 e. The third kappa shape index (κ3) is 3.59. The van der Waals surface area contributed by atoms with Crippen molar-refractivity contribution in [2.24, 2.45) is 0 Å². The van der Waals surface area contributed by atoms with E-state index >= 15 is 0 Å². The van der Waals surface area contributed by atoms with Crippen molar-refractivity contribution in [3.8, 4) is 33.4 Å². The van der Waals surface area contributed by atoms with Crippen LogP contribution < -0.4 is 4.90 Å². The molecule has 44 heavy (non-hydrogen) atoms. The molecule has 8 rings (SSSR count). The van der Waals surface area contributed by atoms with E-state index in [1.165, 1.54) is 78.3 Å². The summed E-state index contributed by atoms with van der Waals surface area (Å²) in [4.78, 5) is 2.58. The molecular formula is C43H37N. The molecule has 0 aliphatic heterocycles. The Hall–Kier alpha value is -4.88.